The second-order valence-corrected chi connectivity index (χ2v) is 5.78. The molecular formula is C13H17N3O4S. The Labute approximate surface area is 125 Å². The first-order valence-electron chi connectivity index (χ1n) is 6.56. The van der Waals surface area contributed by atoms with Gasteiger partial charge in [0.15, 0.2) is 0 Å². The molecule has 1 aromatic rings. The van der Waals surface area contributed by atoms with E-state index in [9.17, 15) is 14.4 Å². The highest BCUT2D eigenvalue weighted by molar-refractivity contribution is 7.07. The fourth-order valence-electron chi connectivity index (χ4n) is 1.97. The Hall–Kier alpha value is -2.09. The van der Waals surface area contributed by atoms with E-state index in [0.29, 0.717) is 6.54 Å². The molecule has 1 aromatic heterocycles. The van der Waals surface area contributed by atoms with Crippen LogP contribution in [0.15, 0.2) is 16.8 Å². The number of hydrogen-bond donors (Lipinski definition) is 3. The van der Waals surface area contributed by atoms with Gasteiger partial charge in [0.25, 0.3) is 0 Å². The van der Waals surface area contributed by atoms with Crippen molar-refractivity contribution in [2.75, 3.05) is 0 Å². The maximum absolute atomic E-state index is 12.3. The molecule has 21 heavy (non-hydrogen) atoms. The van der Waals surface area contributed by atoms with Crippen molar-refractivity contribution in [2.45, 2.75) is 37.9 Å². The molecule has 1 heterocycles. The Bertz CT molecular complexity index is 528. The van der Waals surface area contributed by atoms with Crippen LogP contribution in [0.25, 0.3) is 0 Å². The maximum atomic E-state index is 12.3. The van der Waals surface area contributed by atoms with E-state index >= 15 is 0 Å². The van der Waals surface area contributed by atoms with Crippen molar-refractivity contribution < 1.29 is 19.5 Å². The van der Waals surface area contributed by atoms with E-state index in [2.05, 4.69) is 5.32 Å². The Morgan fingerprint density at radius 3 is 2.67 bits per heavy atom. The number of rotatable bonds is 7. The van der Waals surface area contributed by atoms with Gasteiger partial charge in [-0.1, -0.05) is 0 Å². The molecule has 1 aliphatic carbocycles. The van der Waals surface area contributed by atoms with Gasteiger partial charge in [0.2, 0.25) is 5.91 Å². The summed E-state index contributed by atoms with van der Waals surface area (Å²) >= 11 is 1.54. The van der Waals surface area contributed by atoms with E-state index < -0.39 is 30.4 Å². The van der Waals surface area contributed by atoms with Crippen molar-refractivity contribution in [1.82, 2.24) is 10.2 Å². The molecule has 0 aliphatic heterocycles. The number of carbonyl (C=O) groups excluding carboxylic acids is 2. The summed E-state index contributed by atoms with van der Waals surface area (Å²) in [6, 6.07) is 0.287. The average Bonchev–Trinajstić information content (AvgIpc) is 3.11. The highest BCUT2D eigenvalue weighted by atomic mass is 32.1. The van der Waals surface area contributed by atoms with Crippen LogP contribution in [0.3, 0.4) is 0 Å². The van der Waals surface area contributed by atoms with Crippen LogP contribution >= 0.6 is 11.3 Å². The van der Waals surface area contributed by atoms with Crippen molar-refractivity contribution in [2.24, 2.45) is 5.73 Å². The van der Waals surface area contributed by atoms with Crippen LogP contribution in [0.2, 0.25) is 0 Å². The number of nitrogens with two attached hydrogens (primary N) is 1. The average molecular weight is 311 g/mol. The lowest BCUT2D eigenvalue weighted by atomic mass is 10.2. The molecule has 1 atom stereocenters. The molecule has 3 amide bonds. The summed E-state index contributed by atoms with van der Waals surface area (Å²) < 4.78 is 0. The van der Waals surface area contributed by atoms with Crippen LogP contribution in [-0.2, 0) is 16.1 Å². The Kier molecular flexibility index (Phi) is 4.79. The highest BCUT2D eigenvalue weighted by Crippen LogP contribution is 2.28. The number of urea groups is 1. The van der Waals surface area contributed by atoms with Crippen molar-refractivity contribution in [3.8, 4) is 0 Å². The van der Waals surface area contributed by atoms with E-state index in [1.807, 2.05) is 16.8 Å². The van der Waals surface area contributed by atoms with Crippen molar-refractivity contribution in [1.29, 1.82) is 0 Å². The first-order chi connectivity index (χ1) is 9.97. The number of nitrogens with one attached hydrogen (secondary N) is 1. The zero-order chi connectivity index (χ0) is 15.4. The SMILES string of the molecule is NC(=O)C[C@H](NC(=O)N(Cc1ccsc1)C1CC1)C(=O)O. The molecule has 1 fully saturated rings. The number of carbonyl (C=O) groups is 3. The van der Waals surface area contributed by atoms with Gasteiger partial charge in [0, 0.05) is 12.6 Å². The largest absolute Gasteiger partial charge is 0.480 e. The highest BCUT2D eigenvalue weighted by Gasteiger charge is 2.34. The zero-order valence-corrected chi connectivity index (χ0v) is 12.1. The standard InChI is InChI=1S/C13H17N3O4S/c14-11(17)5-10(12(18)19)15-13(20)16(9-1-2-9)6-8-3-4-21-7-8/h3-4,7,9-10H,1-2,5-6H2,(H2,14,17)(H,15,20)(H,18,19)/t10-/m0/s1. The molecule has 7 nitrogen and oxygen atoms in total. The van der Waals surface area contributed by atoms with Gasteiger partial charge >= 0.3 is 12.0 Å². The lowest BCUT2D eigenvalue weighted by Gasteiger charge is -2.24. The minimum absolute atomic E-state index is 0.132. The number of amides is 3. The summed E-state index contributed by atoms with van der Waals surface area (Å²) in [6.45, 7) is 0.433. The van der Waals surface area contributed by atoms with Gasteiger partial charge < -0.3 is 21.1 Å². The lowest BCUT2D eigenvalue weighted by molar-refractivity contribution is -0.141. The third kappa shape index (κ3) is 4.45. The van der Waals surface area contributed by atoms with Gasteiger partial charge in [-0.05, 0) is 35.2 Å². The molecule has 1 saturated carbocycles. The first-order valence-corrected chi connectivity index (χ1v) is 7.51. The van der Waals surface area contributed by atoms with E-state index in [1.54, 1.807) is 4.90 Å². The van der Waals surface area contributed by atoms with Crippen molar-refractivity contribution >= 4 is 29.2 Å². The van der Waals surface area contributed by atoms with E-state index in [4.69, 9.17) is 10.8 Å². The van der Waals surface area contributed by atoms with Crippen LogP contribution in [0.4, 0.5) is 4.79 Å². The number of thiophene rings is 1. The number of nitrogens with zero attached hydrogens (tertiary/aromatic N) is 1. The number of primary amides is 1. The second kappa shape index (κ2) is 6.57. The molecule has 2 rings (SSSR count). The molecule has 0 bridgehead atoms. The fraction of sp³-hybridized carbons (Fsp3) is 0.462. The fourth-order valence-corrected chi connectivity index (χ4v) is 2.63. The molecule has 0 radical (unpaired) electrons. The monoisotopic (exact) mass is 311 g/mol. The number of aliphatic carboxylic acids is 1. The molecule has 1 aliphatic rings. The number of carboxylic acids is 1. The quantitative estimate of drug-likeness (QED) is 0.689. The molecule has 0 saturated heterocycles. The van der Waals surface area contributed by atoms with E-state index in [0.717, 1.165) is 18.4 Å². The summed E-state index contributed by atoms with van der Waals surface area (Å²) in [5, 5.41) is 15.3. The predicted octanol–water partition coefficient (Wildman–Crippen LogP) is 0.751. The number of hydrogen-bond acceptors (Lipinski definition) is 4. The van der Waals surface area contributed by atoms with Gasteiger partial charge in [0.1, 0.15) is 6.04 Å². The Morgan fingerprint density at radius 2 is 2.19 bits per heavy atom. The molecule has 4 N–H and O–H groups in total. The molecule has 114 valence electrons. The molecule has 0 aromatic carbocycles. The molecular weight excluding hydrogens is 294 g/mol. The van der Waals surface area contributed by atoms with Gasteiger partial charge in [-0.2, -0.15) is 11.3 Å². The normalized spacial score (nSPS) is 15.2. The third-order valence-electron chi connectivity index (χ3n) is 3.18. The Balaban J connectivity index is 2.00. The van der Waals surface area contributed by atoms with Crippen LogP contribution < -0.4 is 11.1 Å². The summed E-state index contributed by atoms with van der Waals surface area (Å²) in [4.78, 5) is 35.8. The van der Waals surface area contributed by atoms with Gasteiger partial charge in [-0.25, -0.2) is 9.59 Å². The summed E-state index contributed by atoms with van der Waals surface area (Å²) in [5.41, 5.74) is 6.00. The molecule has 0 spiro atoms. The zero-order valence-electron chi connectivity index (χ0n) is 11.3. The van der Waals surface area contributed by atoms with Crippen molar-refractivity contribution in [3.63, 3.8) is 0 Å². The lowest BCUT2D eigenvalue weighted by Crippen LogP contribution is -2.49. The van der Waals surface area contributed by atoms with E-state index in [1.165, 1.54) is 11.3 Å². The van der Waals surface area contributed by atoms with E-state index in [-0.39, 0.29) is 6.04 Å². The topological polar surface area (TPSA) is 113 Å². The third-order valence-corrected chi connectivity index (χ3v) is 3.91. The van der Waals surface area contributed by atoms with Crippen LogP contribution in [0.5, 0.6) is 0 Å². The predicted molar refractivity (Wildman–Crippen MR) is 76.7 cm³/mol. The van der Waals surface area contributed by atoms with Crippen LogP contribution in [0.1, 0.15) is 24.8 Å². The minimum Gasteiger partial charge on any atom is -0.480 e. The molecule has 0 unspecified atom stereocenters. The van der Waals surface area contributed by atoms with Crippen LogP contribution in [0, 0.1) is 0 Å². The number of carboxylic acid groups (broad SMARTS) is 1. The van der Waals surface area contributed by atoms with Gasteiger partial charge in [-0.3, -0.25) is 4.79 Å². The summed E-state index contributed by atoms with van der Waals surface area (Å²) in [7, 11) is 0. The van der Waals surface area contributed by atoms with Crippen molar-refractivity contribution in [3.05, 3.63) is 22.4 Å². The maximum Gasteiger partial charge on any atom is 0.326 e. The first kappa shape index (κ1) is 15.3. The van der Waals surface area contributed by atoms with Gasteiger partial charge in [0.05, 0.1) is 6.42 Å². The second-order valence-electron chi connectivity index (χ2n) is 5.00. The summed E-state index contributed by atoms with van der Waals surface area (Å²) in [6.07, 6.45) is 1.40. The van der Waals surface area contributed by atoms with Crippen LogP contribution in [-0.4, -0.2) is 40.0 Å². The molecule has 8 heteroatoms. The Morgan fingerprint density at radius 1 is 1.48 bits per heavy atom. The minimum atomic E-state index is -1.29. The smallest absolute Gasteiger partial charge is 0.326 e. The van der Waals surface area contributed by atoms with Gasteiger partial charge in [-0.15, -0.1) is 0 Å². The summed E-state index contributed by atoms with van der Waals surface area (Å²) in [5.74, 6) is -2.04.